The minimum Gasteiger partial charge on any atom is -0.340 e. The van der Waals surface area contributed by atoms with Crippen LogP contribution in [0.2, 0.25) is 0 Å². The number of benzene rings is 1. The van der Waals surface area contributed by atoms with Crippen molar-refractivity contribution in [1.29, 1.82) is 0 Å². The predicted octanol–water partition coefficient (Wildman–Crippen LogP) is 1.39. The van der Waals surface area contributed by atoms with E-state index in [1.807, 2.05) is 7.05 Å². The number of hydrogen-bond donors (Lipinski definition) is 1. The number of nitrogens with one attached hydrogen (secondary N) is 1. The molecule has 8 heteroatoms. The summed E-state index contributed by atoms with van der Waals surface area (Å²) in [7, 11) is 2.02. The zero-order valence-corrected chi connectivity index (χ0v) is 17.2. The van der Waals surface area contributed by atoms with Crippen LogP contribution in [0.25, 0.3) is 11.4 Å². The Morgan fingerprint density at radius 3 is 2.40 bits per heavy atom. The topological polar surface area (TPSA) is 95.5 Å². The van der Waals surface area contributed by atoms with Crippen LogP contribution in [0, 0.1) is 0 Å². The van der Waals surface area contributed by atoms with E-state index in [0.29, 0.717) is 43.7 Å². The maximum atomic E-state index is 13.0. The van der Waals surface area contributed by atoms with Gasteiger partial charge < -0.3 is 19.9 Å². The Kier molecular flexibility index (Phi) is 7.62. The van der Waals surface area contributed by atoms with Gasteiger partial charge in [-0.1, -0.05) is 12.1 Å². The van der Waals surface area contributed by atoms with E-state index < -0.39 is 6.04 Å². The molecule has 1 N–H and O–H groups in total. The Morgan fingerprint density at radius 2 is 1.77 bits per heavy atom. The Labute approximate surface area is 176 Å². The smallest absolute Gasteiger partial charge is 0.251 e. The van der Waals surface area contributed by atoms with Gasteiger partial charge in [0.2, 0.25) is 5.91 Å². The van der Waals surface area contributed by atoms with Gasteiger partial charge in [0.1, 0.15) is 12.3 Å². The van der Waals surface area contributed by atoms with Crippen LogP contribution in [0.3, 0.4) is 0 Å². The van der Waals surface area contributed by atoms with Gasteiger partial charge in [-0.25, -0.2) is 9.97 Å². The molecule has 0 aliphatic carbocycles. The SMILES string of the molecule is CN1CCN(C(=O)[C@H](CCCC=O)NC(=O)c2ccc(-c3ncccn3)cc2)CC1. The molecular weight excluding hydrogens is 382 g/mol. The van der Waals surface area contributed by atoms with E-state index in [1.165, 1.54) is 0 Å². The summed E-state index contributed by atoms with van der Waals surface area (Å²) in [5.74, 6) is 0.187. The number of nitrogens with zero attached hydrogens (tertiary/aromatic N) is 4. The number of aromatic nitrogens is 2. The van der Waals surface area contributed by atoms with Crippen LogP contribution in [0.5, 0.6) is 0 Å². The first-order valence-electron chi connectivity index (χ1n) is 10.2. The summed E-state index contributed by atoms with van der Waals surface area (Å²) in [6, 6.07) is 8.07. The first-order chi connectivity index (χ1) is 14.6. The van der Waals surface area contributed by atoms with Gasteiger partial charge in [0.15, 0.2) is 5.82 Å². The number of amides is 2. The number of aldehydes is 1. The molecule has 2 aromatic rings. The maximum Gasteiger partial charge on any atom is 0.251 e. The molecule has 1 aromatic heterocycles. The van der Waals surface area contributed by atoms with Gasteiger partial charge in [0.25, 0.3) is 5.91 Å². The molecule has 30 heavy (non-hydrogen) atoms. The molecule has 2 heterocycles. The van der Waals surface area contributed by atoms with Crippen LogP contribution in [-0.2, 0) is 9.59 Å². The molecule has 1 aromatic carbocycles. The Morgan fingerprint density at radius 1 is 1.10 bits per heavy atom. The van der Waals surface area contributed by atoms with Crippen LogP contribution < -0.4 is 5.32 Å². The standard InChI is InChI=1S/C22H27N5O3/c1-26-12-14-27(15-13-26)22(30)19(5-2-3-16-28)25-21(29)18-8-6-17(7-9-18)20-23-10-4-11-24-20/h4,6-11,16,19H,2-3,5,12-15H2,1H3,(H,25,29)/t19-/m0/s1. The average Bonchev–Trinajstić information content (AvgIpc) is 2.79. The second kappa shape index (κ2) is 10.6. The molecule has 3 rings (SSSR count). The molecular formula is C22H27N5O3. The molecule has 0 radical (unpaired) electrons. The fraction of sp³-hybridized carbons (Fsp3) is 0.409. The fourth-order valence-corrected chi connectivity index (χ4v) is 3.37. The third-order valence-electron chi connectivity index (χ3n) is 5.20. The molecule has 1 aliphatic rings. The molecule has 0 spiro atoms. The van der Waals surface area contributed by atoms with E-state index in [9.17, 15) is 14.4 Å². The lowest BCUT2D eigenvalue weighted by Crippen LogP contribution is -2.54. The first kappa shape index (κ1) is 21.6. The third-order valence-corrected chi connectivity index (χ3v) is 5.20. The van der Waals surface area contributed by atoms with Crippen molar-refractivity contribution in [3.8, 4) is 11.4 Å². The Balaban J connectivity index is 1.67. The van der Waals surface area contributed by atoms with E-state index in [-0.39, 0.29) is 11.8 Å². The Hall–Kier alpha value is -3.13. The molecule has 2 amide bonds. The number of piperazine rings is 1. The van der Waals surface area contributed by atoms with Crippen molar-refractivity contribution in [2.24, 2.45) is 0 Å². The predicted molar refractivity (Wildman–Crippen MR) is 113 cm³/mol. The summed E-state index contributed by atoms with van der Waals surface area (Å²) in [6.07, 6.45) is 5.52. The third kappa shape index (κ3) is 5.70. The molecule has 0 unspecified atom stereocenters. The van der Waals surface area contributed by atoms with Gasteiger partial charge in [0, 0.05) is 56.1 Å². The van der Waals surface area contributed by atoms with E-state index in [0.717, 1.165) is 24.9 Å². The van der Waals surface area contributed by atoms with Crippen molar-refractivity contribution in [3.05, 3.63) is 48.3 Å². The van der Waals surface area contributed by atoms with Gasteiger partial charge in [-0.3, -0.25) is 9.59 Å². The summed E-state index contributed by atoms with van der Waals surface area (Å²) in [4.78, 5) is 48.8. The Bertz CT molecular complexity index is 849. The number of hydrogen-bond acceptors (Lipinski definition) is 6. The summed E-state index contributed by atoms with van der Waals surface area (Å²) < 4.78 is 0. The minimum atomic E-state index is -0.641. The lowest BCUT2D eigenvalue weighted by molar-refractivity contribution is -0.135. The molecule has 1 aliphatic heterocycles. The number of carbonyl (C=O) groups is 3. The van der Waals surface area contributed by atoms with Crippen molar-refractivity contribution in [2.75, 3.05) is 33.2 Å². The lowest BCUT2D eigenvalue weighted by Gasteiger charge is -2.34. The zero-order valence-electron chi connectivity index (χ0n) is 17.2. The second-order valence-corrected chi connectivity index (χ2v) is 7.40. The molecule has 0 bridgehead atoms. The molecule has 1 atom stereocenters. The summed E-state index contributed by atoms with van der Waals surface area (Å²) in [5, 5.41) is 2.87. The molecule has 158 valence electrons. The van der Waals surface area contributed by atoms with Crippen molar-refractivity contribution < 1.29 is 14.4 Å². The molecule has 1 saturated heterocycles. The number of carbonyl (C=O) groups excluding carboxylic acids is 3. The van der Waals surface area contributed by atoms with Crippen molar-refractivity contribution in [2.45, 2.75) is 25.3 Å². The zero-order chi connectivity index (χ0) is 21.3. The maximum absolute atomic E-state index is 13.0. The van der Waals surface area contributed by atoms with Crippen molar-refractivity contribution in [1.82, 2.24) is 25.1 Å². The fourth-order valence-electron chi connectivity index (χ4n) is 3.37. The van der Waals surface area contributed by atoms with Crippen LogP contribution in [0.15, 0.2) is 42.7 Å². The molecule has 8 nitrogen and oxygen atoms in total. The van der Waals surface area contributed by atoms with Crippen LogP contribution in [0.1, 0.15) is 29.6 Å². The normalized spacial score (nSPS) is 15.4. The van der Waals surface area contributed by atoms with E-state index in [4.69, 9.17) is 0 Å². The van der Waals surface area contributed by atoms with Gasteiger partial charge >= 0.3 is 0 Å². The highest BCUT2D eigenvalue weighted by Gasteiger charge is 2.28. The highest BCUT2D eigenvalue weighted by molar-refractivity contribution is 5.97. The van der Waals surface area contributed by atoms with Crippen molar-refractivity contribution >= 4 is 18.1 Å². The molecule has 1 fully saturated rings. The summed E-state index contributed by atoms with van der Waals surface area (Å²) >= 11 is 0. The summed E-state index contributed by atoms with van der Waals surface area (Å²) in [6.45, 7) is 2.90. The van der Waals surface area contributed by atoms with Gasteiger partial charge in [-0.15, -0.1) is 0 Å². The van der Waals surface area contributed by atoms with Crippen LogP contribution in [0.4, 0.5) is 0 Å². The lowest BCUT2D eigenvalue weighted by atomic mass is 10.1. The minimum absolute atomic E-state index is 0.0864. The highest BCUT2D eigenvalue weighted by Crippen LogP contribution is 2.15. The van der Waals surface area contributed by atoms with Crippen LogP contribution in [-0.4, -0.2) is 77.1 Å². The van der Waals surface area contributed by atoms with Gasteiger partial charge in [-0.05, 0) is 38.1 Å². The highest BCUT2D eigenvalue weighted by atomic mass is 16.2. The average molecular weight is 409 g/mol. The van der Waals surface area contributed by atoms with E-state index in [1.54, 1.807) is 47.6 Å². The van der Waals surface area contributed by atoms with Crippen molar-refractivity contribution in [3.63, 3.8) is 0 Å². The quantitative estimate of drug-likeness (QED) is 0.523. The second-order valence-electron chi connectivity index (χ2n) is 7.40. The van der Waals surface area contributed by atoms with Gasteiger partial charge in [0.05, 0.1) is 0 Å². The van der Waals surface area contributed by atoms with E-state index >= 15 is 0 Å². The largest absolute Gasteiger partial charge is 0.340 e. The number of likely N-dealkylation sites (N-methyl/N-ethyl adjacent to an activating group) is 1. The number of rotatable bonds is 8. The summed E-state index contributed by atoms with van der Waals surface area (Å²) in [5.41, 5.74) is 1.27. The number of unbranched alkanes of at least 4 members (excludes halogenated alkanes) is 1. The van der Waals surface area contributed by atoms with Gasteiger partial charge in [-0.2, -0.15) is 0 Å². The molecule has 0 saturated carbocycles. The van der Waals surface area contributed by atoms with Crippen LogP contribution >= 0.6 is 0 Å². The van der Waals surface area contributed by atoms with E-state index in [2.05, 4.69) is 20.2 Å². The monoisotopic (exact) mass is 409 g/mol. The first-order valence-corrected chi connectivity index (χ1v) is 10.2.